The zero-order valence-corrected chi connectivity index (χ0v) is 21.3. The number of fused-ring (bicyclic) bond motifs is 1. The number of hydrogen-bond donors (Lipinski definition) is 3. The summed E-state index contributed by atoms with van der Waals surface area (Å²) >= 11 is 9.56. The van der Waals surface area contributed by atoms with Crippen molar-refractivity contribution in [2.45, 2.75) is 12.1 Å². The number of carbonyl (C=O) groups is 2. The highest BCUT2D eigenvalue weighted by molar-refractivity contribution is 9.10. The number of benzene rings is 2. The van der Waals surface area contributed by atoms with Crippen LogP contribution >= 0.6 is 39.9 Å². The van der Waals surface area contributed by atoms with Crippen LogP contribution in [0, 0.1) is 6.92 Å². The maximum atomic E-state index is 12.5. The number of para-hydroxylation sites is 1. The van der Waals surface area contributed by atoms with Crippen molar-refractivity contribution in [1.29, 1.82) is 0 Å². The van der Waals surface area contributed by atoms with Crippen molar-refractivity contribution < 1.29 is 14.0 Å². The van der Waals surface area contributed by atoms with Crippen molar-refractivity contribution in [1.82, 2.24) is 30.9 Å². The third-order valence-corrected chi connectivity index (χ3v) is 6.25. The fourth-order valence-corrected chi connectivity index (χ4v) is 4.38. The number of halogens is 1. The number of hydrogen-bond acceptors (Lipinski definition) is 8. The van der Waals surface area contributed by atoms with Crippen LogP contribution in [-0.4, -0.2) is 37.4 Å². The van der Waals surface area contributed by atoms with Gasteiger partial charge in [0.1, 0.15) is 17.0 Å². The van der Waals surface area contributed by atoms with Gasteiger partial charge >= 0.3 is 5.63 Å². The average Bonchev–Trinajstić information content (AvgIpc) is 3.21. The molecule has 35 heavy (non-hydrogen) atoms. The molecule has 0 spiro atoms. The predicted octanol–water partition coefficient (Wildman–Crippen LogP) is 2.87. The maximum absolute atomic E-state index is 12.5. The van der Waals surface area contributed by atoms with Crippen LogP contribution in [0.15, 0.2) is 73.4 Å². The summed E-state index contributed by atoms with van der Waals surface area (Å²) in [6.45, 7) is 1.82. The summed E-state index contributed by atoms with van der Waals surface area (Å²) in [4.78, 5) is 36.9. The highest BCUT2D eigenvalue weighted by Gasteiger charge is 2.16. The summed E-state index contributed by atoms with van der Waals surface area (Å²) in [5.41, 5.74) is 5.03. The molecule has 178 valence electrons. The smallest absolute Gasteiger partial charge is 0.349 e. The Kier molecular flexibility index (Phi) is 7.58. The predicted molar refractivity (Wildman–Crippen MR) is 138 cm³/mol. The minimum atomic E-state index is -0.807. The standard InChI is InChI=1S/C22H17BrN6O4S2/c1-12-25-28-22(29(12)15-5-3-2-4-6-15)35-11-18(30)26-27-21(34)24-19(31)16-10-13-9-14(23)7-8-17(13)33-20(16)32/h2-10H,11H2,1H3,(H,26,30)(H2,24,27,31,34). The first kappa shape index (κ1) is 24.6. The summed E-state index contributed by atoms with van der Waals surface area (Å²) in [6.07, 6.45) is 0. The first-order valence-electron chi connectivity index (χ1n) is 10.1. The van der Waals surface area contributed by atoms with E-state index in [-0.39, 0.29) is 16.4 Å². The van der Waals surface area contributed by atoms with Crippen molar-refractivity contribution in [3.8, 4) is 5.69 Å². The number of aryl methyl sites for hydroxylation is 1. The van der Waals surface area contributed by atoms with E-state index >= 15 is 0 Å². The van der Waals surface area contributed by atoms with Gasteiger partial charge in [0.2, 0.25) is 5.91 Å². The number of aromatic nitrogens is 3. The zero-order valence-electron chi connectivity index (χ0n) is 18.1. The number of rotatable bonds is 5. The molecule has 0 bridgehead atoms. The minimum absolute atomic E-state index is 0.0116. The van der Waals surface area contributed by atoms with E-state index in [2.05, 4.69) is 42.3 Å². The molecule has 0 radical (unpaired) electrons. The quantitative estimate of drug-likeness (QED) is 0.143. The van der Waals surface area contributed by atoms with Gasteiger partial charge in [-0.3, -0.25) is 30.3 Å². The molecule has 4 rings (SSSR count). The van der Waals surface area contributed by atoms with Gasteiger partial charge in [0.05, 0.1) is 5.75 Å². The Morgan fingerprint density at radius 1 is 1.11 bits per heavy atom. The van der Waals surface area contributed by atoms with Gasteiger partial charge < -0.3 is 4.42 Å². The van der Waals surface area contributed by atoms with E-state index in [0.29, 0.717) is 22.0 Å². The fourth-order valence-electron chi connectivity index (χ4n) is 3.06. The van der Waals surface area contributed by atoms with Gasteiger partial charge in [0, 0.05) is 15.5 Å². The first-order chi connectivity index (χ1) is 16.8. The molecule has 2 aromatic carbocycles. The Bertz CT molecular complexity index is 1490. The third-order valence-electron chi connectivity index (χ3n) is 4.62. The lowest BCUT2D eigenvalue weighted by molar-refractivity contribution is -0.119. The molecular formula is C22H17BrN6O4S2. The van der Waals surface area contributed by atoms with Crippen LogP contribution in [0.25, 0.3) is 16.7 Å². The number of hydrazine groups is 1. The van der Waals surface area contributed by atoms with Crippen LogP contribution in [0.4, 0.5) is 0 Å². The van der Waals surface area contributed by atoms with Gasteiger partial charge in [-0.25, -0.2) is 4.79 Å². The number of amides is 2. The van der Waals surface area contributed by atoms with Crippen LogP contribution in [0.3, 0.4) is 0 Å². The van der Waals surface area contributed by atoms with Gasteiger partial charge in [0.25, 0.3) is 5.91 Å². The van der Waals surface area contributed by atoms with E-state index in [1.807, 2.05) is 41.8 Å². The van der Waals surface area contributed by atoms with E-state index in [9.17, 15) is 14.4 Å². The highest BCUT2D eigenvalue weighted by Crippen LogP contribution is 2.21. The molecule has 0 unspecified atom stereocenters. The largest absolute Gasteiger partial charge is 0.422 e. The Hall–Kier alpha value is -3.55. The SMILES string of the molecule is Cc1nnc(SCC(=O)NNC(=S)NC(=O)c2cc3cc(Br)ccc3oc2=O)n1-c1ccccc1. The molecule has 0 fully saturated rings. The number of nitrogens with one attached hydrogen (secondary N) is 3. The summed E-state index contributed by atoms with van der Waals surface area (Å²) in [5, 5.41) is 11.5. The molecule has 2 amide bonds. The van der Waals surface area contributed by atoms with Crippen LogP contribution < -0.4 is 21.8 Å². The molecule has 10 nitrogen and oxygen atoms in total. The molecule has 2 heterocycles. The Balaban J connectivity index is 1.31. The molecule has 0 aliphatic rings. The van der Waals surface area contributed by atoms with Crippen molar-refractivity contribution >= 4 is 67.8 Å². The number of thiocarbonyl (C=S) groups is 1. The number of thioether (sulfide) groups is 1. The van der Waals surface area contributed by atoms with Crippen molar-refractivity contribution in [2.24, 2.45) is 0 Å². The van der Waals surface area contributed by atoms with Crippen molar-refractivity contribution in [3.63, 3.8) is 0 Å². The lowest BCUT2D eigenvalue weighted by atomic mass is 10.2. The zero-order chi connectivity index (χ0) is 24.9. The van der Waals surface area contributed by atoms with Crippen molar-refractivity contribution in [3.05, 3.63) is 80.9 Å². The van der Waals surface area contributed by atoms with Crippen molar-refractivity contribution in [2.75, 3.05) is 5.75 Å². The summed E-state index contributed by atoms with van der Waals surface area (Å²) in [7, 11) is 0. The lowest BCUT2D eigenvalue weighted by Crippen LogP contribution is -2.49. The second-order valence-electron chi connectivity index (χ2n) is 7.08. The van der Waals surface area contributed by atoms with Crippen LogP contribution in [0.1, 0.15) is 16.2 Å². The first-order valence-corrected chi connectivity index (χ1v) is 12.2. The average molecular weight is 573 g/mol. The Morgan fingerprint density at radius 2 is 1.89 bits per heavy atom. The molecule has 0 aliphatic heterocycles. The van der Waals surface area contributed by atoms with E-state index < -0.39 is 17.4 Å². The fraction of sp³-hybridized carbons (Fsp3) is 0.0909. The van der Waals surface area contributed by atoms with E-state index in [4.69, 9.17) is 16.6 Å². The van der Waals surface area contributed by atoms with E-state index in [1.54, 1.807) is 18.2 Å². The lowest BCUT2D eigenvalue weighted by Gasteiger charge is -2.11. The van der Waals surface area contributed by atoms with Gasteiger partial charge in [0.15, 0.2) is 10.3 Å². The molecule has 13 heteroatoms. The molecule has 0 atom stereocenters. The molecule has 0 saturated carbocycles. The molecule has 0 aliphatic carbocycles. The van der Waals surface area contributed by atoms with E-state index in [1.165, 1.54) is 17.8 Å². The number of nitrogens with zero attached hydrogens (tertiary/aromatic N) is 3. The molecule has 0 saturated heterocycles. The van der Waals surface area contributed by atoms with Crippen LogP contribution in [-0.2, 0) is 4.79 Å². The third kappa shape index (κ3) is 5.93. The molecule has 3 N–H and O–H groups in total. The summed E-state index contributed by atoms with van der Waals surface area (Å²) < 4.78 is 7.78. The van der Waals surface area contributed by atoms with Gasteiger partial charge in [-0.1, -0.05) is 45.9 Å². The summed E-state index contributed by atoms with van der Waals surface area (Å²) in [5.74, 6) is -0.487. The molecule has 2 aromatic heterocycles. The van der Waals surface area contributed by atoms with Crippen LogP contribution in [0.5, 0.6) is 0 Å². The Morgan fingerprint density at radius 3 is 2.66 bits per heavy atom. The summed E-state index contributed by atoms with van der Waals surface area (Å²) in [6, 6.07) is 16.0. The molecular weight excluding hydrogens is 556 g/mol. The maximum Gasteiger partial charge on any atom is 0.349 e. The van der Waals surface area contributed by atoms with Gasteiger partial charge in [-0.05, 0) is 55.5 Å². The second-order valence-corrected chi connectivity index (χ2v) is 9.34. The highest BCUT2D eigenvalue weighted by atomic mass is 79.9. The van der Waals surface area contributed by atoms with Gasteiger partial charge in [-0.2, -0.15) is 0 Å². The number of carbonyl (C=O) groups excluding carboxylic acids is 2. The Labute approximate surface area is 216 Å². The van der Waals surface area contributed by atoms with Crippen LogP contribution in [0.2, 0.25) is 0 Å². The minimum Gasteiger partial charge on any atom is -0.422 e. The topological polar surface area (TPSA) is 131 Å². The monoisotopic (exact) mass is 572 g/mol. The molecule has 4 aromatic rings. The van der Waals surface area contributed by atoms with Gasteiger partial charge in [-0.15, -0.1) is 10.2 Å². The normalized spacial score (nSPS) is 10.7. The second kappa shape index (κ2) is 10.8. The van der Waals surface area contributed by atoms with E-state index in [0.717, 1.165) is 10.2 Å².